The Morgan fingerprint density at radius 1 is 0.357 bits per heavy atom. The van der Waals surface area contributed by atoms with Gasteiger partial charge in [0.2, 0.25) is 0 Å². The molecule has 0 atom stereocenters. The van der Waals surface area contributed by atoms with Gasteiger partial charge in [-0.3, -0.25) is 0 Å². The average Bonchev–Trinajstić information content (AvgIpc) is 3.76. The van der Waals surface area contributed by atoms with E-state index in [0.29, 0.717) is 0 Å². The van der Waals surface area contributed by atoms with E-state index in [1.165, 1.54) is 110 Å². The van der Waals surface area contributed by atoms with Gasteiger partial charge in [0.1, 0.15) is 0 Å². The fourth-order valence-electron chi connectivity index (χ4n) is 7.71. The van der Waals surface area contributed by atoms with E-state index in [1.807, 2.05) is 0 Å². The van der Waals surface area contributed by atoms with Gasteiger partial charge in [-0.05, 0) is 21.5 Å². The zero-order chi connectivity index (χ0) is 36.9. The zero-order valence-electron chi connectivity index (χ0n) is 31.4. The van der Waals surface area contributed by atoms with Crippen LogP contribution in [0.3, 0.4) is 0 Å². The third-order valence-corrected chi connectivity index (χ3v) is 18.3. The van der Waals surface area contributed by atoms with Crippen LogP contribution in [0.4, 0.5) is 0 Å². The van der Waals surface area contributed by atoms with Crippen LogP contribution in [0.15, 0.2) is 206 Å². The molecule has 0 N–H and O–H groups in total. The molecule has 0 aliphatic carbocycles. The SMILES string of the molecule is Cc1[cH-]c2ccccc2c1-c1cccc2ccccc12.Cc1[cH-]c2ccccc2c1-c1cccc2ccccc12.[Cl-].[Cl-].[Hf+2]=[Si](c1ccccc1)c1ccccc1. The summed E-state index contributed by atoms with van der Waals surface area (Å²) in [6.07, 6.45) is 0. The molecule has 0 amide bonds. The quantitative estimate of drug-likeness (QED) is 0.136. The van der Waals surface area contributed by atoms with E-state index in [1.54, 1.807) is 0 Å². The summed E-state index contributed by atoms with van der Waals surface area (Å²) in [6.45, 7) is 4.41. The van der Waals surface area contributed by atoms with Crippen LogP contribution in [0.1, 0.15) is 11.1 Å². The molecule has 0 aliphatic rings. The summed E-state index contributed by atoms with van der Waals surface area (Å²) in [5.74, 6) is 0. The van der Waals surface area contributed by atoms with Crippen LogP contribution in [0.2, 0.25) is 0 Å². The van der Waals surface area contributed by atoms with E-state index in [2.05, 4.69) is 220 Å². The summed E-state index contributed by atoms with van der Waals surface area (Å²) in [6, 6.07) is 74.0. The molecule has 0 aliphatic heterocycles. The van der Waals surface area contributed by atoms with Crippen molar-refractivity contribution in [1.82, 2.24) is 0 Å². The van der Waals surface area contributed by atoms with Crippen molar-refractivity contribution in [3.63, 3.8) is 0 Å². The van der Waals surface area contributed by atoms with E-state index in [-0.39, 0.29) is 24.8 Å². The number of fused-ring (bicyclic) bond motifs is 4. The Kier molecular flexibility index (Phi) is 13.8. The molecule has 0 radical (unpaired) electrons. The Morgan fingerprint density at radius 2 is 0.679 bits per heavy atom. The van der Waals surface area contributed by atoms with Gasteiger partial charge < -0.3 is 24.8 Å². The summed E-state index contributed by atoms with van der Waals surface area (Å²) >= 11 is 1.27. The van der Waals surface area contributed by atoms with Crippen LogP contribution in [0.25, 0.3) is 65.3 Å². The van der Waals surface area contributed by atoms with E-state index in [4.69, 9.17) is 0 Å². The molecular weight excluding hydrogens is 902 g/mol. The van der Waals surface area contributed by atoms with Crippen LogP contribution in [0, 0.1) is 13.8 Å². The second kappa shape index (κ2) is 18.9. The average molecular weight is 942 g/mol. The molecule has 0 aromatic heterocycles. The standard InChI is InChI=1S/2C20H15.C12H10Si.2ClH.Hf/c2*1-14-13-16-8-3-5-11-18(16)20(14)19-12-6-9-15-7-2-4-10-17(15)19;1-3-7-11(8-4-1)13-12-9-5-2-6-10-12;;;/h2*2-13H,1H3;1-10H;2*1H;/q2*-1;;;;+2/p-2. The fourth-order valence-corrected chi connectivity index (χ4v) is 12.7. The Hall–Kier alpha value is -4.83. The second-order valence-corrected chi connectivity index (χ2v) is 21.0. The first-order chi connectivity index (χ1) is 26.6. The molecule has 0 saturated heterocycles. The molecule has 0 nitrogen and oxygen atoms in total. The predicted molar refractivity (Wildman–Crippen MR) is 232 cm³/mol. The number of hydrogen-bond donors (Lipinski definition) is 0. The van der Waals surface area contributed by atoms with Crippen molar-refractivity contribution in [2.24, 2.45) is 0 Å². The van der Waals surface area contributed by atoms with E-state index in [9.17, 15) is 0 Å². The summed E-state index contributed by atoms with van der Waals surface area (Å²) in [4.78, 5) is 0. The summed E-state index contributed by atoms with van der Waals surface area (Å²) in [5.41, 5.74) is 7.71. The molecule has 0 heterocycles. The summed E-state index contributed by atoms with van der Waals surface area (Å²) in [7, 11) is 0. The third kappa shape index (κ3) is 8.60. The number of aryl methyl sites for hydroxylation is 2. The van der Waals surface area contributed by atoms with Gasteiger partial charge in [-0.25, -0.2) is 0 Å². The van der Waals surface area contributed by atoms with Crippen molar-refractivity contribution in [2.45, 2.75) is 13.8 Å². The van der Waals surface area contributed by atoms with Gasteiger partial charge in [-0.2, -0.15) is 0 Å². The molecule has 4 heteroatoms. The third-order valence-electron chi connectivity index (χ3n) is 10.2. The topological polar surface area (TPSA) is 0 Å². The first kappa shape index (κ1) is 40.8. The normalized spacial score (nSPS) is 10.5. The Labute approximate surface area is 357 Å². The molecule has 56 heavy (non-hydrogen) atoms. The van der Waals surface area contributed by atoms with Crippen LogP contribution in [0.5, 0.6) is 0 Å². The Bertz CT molecular complexity index is 2660. The van der Waals surface area contributed by atoms with E-state index >= 15 is 0 Å². The molecule has 0 bridgehead atoms. The molecule has 0 fully saturated rings. The van der Waals surface area contributed by atoms with Gasteiger partial charge in [-0.15, -0.1) is 92.3 Å². The van der Waals surface area contributed by atoms with Crippen molar-refractivity contribution >= 4 is 59.0 Å². The van der Waals surface area contributed by atoms with E-state index < -0.39 is 5.49 Å². The molecule has 0 unspecified atom stereocenters. The van der Waals surface area contributed by atoms with Crippen molar-refractivity contribution < 1.29 is 47.8 Å². The van der Waals surface area contributed by atoms with E-state index in [0.717, 1.165) is 0 Å². The van der Waals surface area contributed by atoms with Gasteiger partial charge in [-0.1, -0.05) is 122 Å². The van der Waals surface area contributed by atoms with Gasteiger partial charge >= 0.3 is 99.5 Å². The maximum atomic E-state index is 2.28. The molecule has 272 valence electrons. The molecule has 10 aromatic rings. The minimum atomic E-state index is -0.406. The van der Waals surface area contributed by atoms with Gasteiger partial charge in [0.05, 0.1) is 0 Å². The molecule has 10 rings (SSSR count). The maximum absolute atomic E-state index is 2.28. The molecule has 0 spiro atoms. The van der Waals surface area contributed by atoms with Crippen molar-refractivity contribution in [3.8, 4) is 22.3 Å². The zero-order valence-corrected chi connectivity index (χ0v) is 37.5. The Morgan fingerprint density at radius 3 is 1.09 bits per heavy atom. The van der Waals surface area contributed by atoms with Crippen LogP contribution in [-0.4, -0.2) is 5.49 Å². The molecule has 10 aromatic carbocycles. The molecule has 0 saturated carbocycles. The number of rotatable bonds is 4. The predicted octanol–water partition coefficient (Wildman–Crippen LogP) is 6.72. The van der Waals surface area contributed by atoms with Crippen LogP contribution < -0.4 is 35.2 Å². The first-order valence-electron chi connectivity index (χ1n) is 18.5. The minimum absolute atomic E-state index is 0. The monoisotopic (exact) mass is 942 g/mol. The van der Waals surface area contributed by atoms with Crippen molar-refractivity contribution in [3.05, 3.63) is 217 Å². The number of benzene rings is 8. The van der Waals surface area contributed by atoms with Crippen LogP contribution >= 0.6 is 0 Å². The summed E-state index contributed by atoms with van der Waals surface area (Å²) < 4.78 is 0. The Balaban J connectivity index is 0.000000142. The fraction of sp³-hybridized carbons (Fsp3) is 0.0385. The van der Waals surface area contributed by atoms with Crippen molar-refractivity contribution in [1.29, 1.82) is 0 Å². The number of halogens is 2. The second-order valence-electron chi connectivity index (χ2n) is 13.7. The molecular formula is C52H40Cl2HfSi-2. The van der Waals surface area contributed by atoms with Gasteiger partial charge in [0.25, 0.3) is 0 Å². The van der Waals surface area contributed by atoms with Crippen LogP contribution in [-0.2, 0) is 23.0 Å². The number of hydrogen-bond acceptors (Lipinski definition) is 0. The van der Waals surface area contributed by atoms with Gasteiger partial charge in [0, 0.05) is 0 Å². The van der Waals surface area contributed by atoms with Gasteiger partial charge in [0.15, 0.2) is 0 Å². The van der Waals surface area contributed by atoms with Crippen molar-refractivity contribution in [2.75, 3.05) is 0 Å². The first-order valence-corrected chi connectivity index (χ1v) is 25.4. The summed E-state index contributed by atoms with van der Waals surface area (Å²) in [5, 5.41) is 13.7.